The number of aromatic nitrogens is 4. The first-order valence-electron chi connectivity index (χ1n) is 10.6. The predicted molar refractivity (Wildman–Crippen MR) is 119 cm³/mol. The van der Waals surface area contributed by atoms with Gasteiger partial charge >= 0.3 is 0 Å². The lowest BCUT2D eigenvalue weighted by Crippen LogP contribution is -2.38. The van der Waals surface area contributed by atoms with E-state index < -0.39 is 9.84 Å². The molecule has 0 bridgehead atoms. The molecule has 0 atom stereocenters. The zero-order chi connectivity index (χ0) is 22.0. The SMILES string of the molecule is Cc1nn(-c2ncc(C(=O)NC3CCC(CCS(C)(=O)=O)CC3)cn2)c2ccccc12. The van der Waals surface area contributed by atoms with Crippen LogP contribution in [0.4, 0.5) is 0 Å². The summed E-state index contributed by atoms with van der Waals surface area (Å²) in [6, 6.07) is 7.98. The van der Waals surface area contributed by atoms with Crippen LogP contribution in [0, 0.1) is 12.8 Å². The number of fused-ring (bicyclic) bond motifs is 1. The molecule has 1 aliphatic carbocycles. The maximum Gasteiger partial charge on any atom is 0.254 e. The molecule has 1 aromatic carbocycles. The quantitative estimate of drug-likeness (QED) is 0.630. The molecule has 9 heteroatoms. The Kier molecular flexibility index (Phi) is 6.04. The Morgan fingerprint density at radius 3 is 2.48 bits per heavy atom. The number of benzene rings is 1. The minimum atomic E-state index is -2.92. The Morgan fingerprint density at radius 1 is 1.13 bits per heavy atom. The van der Waals surface area contributed by atoms with Crippen LogP contribution in [0.5, 0.6) is 0 Å². The number of carbonyl (C=O) groups is 1. The van der Waals surface area contributed by atoms with E-state index in [1.807, 2.05) is 31.2 Å². The Balaban J connectivity index is 1.36. The molecular weight excluding hydrogens is 414 g/mol. The minimum Gasteiger partial charge on any atom is -0.349 e. The topological polar surface area (TPSA) is 107 Å². The number of hydrogen-bond acceptors (Lipinski definition) is 6. The molecule has 0 spiro atoms. The van der Waals surface area contributed by atoms with Crippen molar-refractivity contribution in [2.75, 3.05) is 12.0 Å². The average Bonchev–Trinajstić information content (AvgIpc) is 3.10. The van der Waals surface area contributed by atoms with Gasteiger partial charge in [0.1, 0.15) is 9.84 Å². The van der Waals surface area contributed by atoms with E-state index in [-0.39, 0.29) is 17.7 Å². The number of amides is 1. The van der Waals surface area contributed by atoms with E-state index in [0.29, 0.717) is 23.9 Å². The average molecular weight is 442 g/mol. The third-order valence-electron chi connectivity index (χ3n) is 5.94. The number of nitrogens with zero attached hydrogens (tertiary/aromatic N) is 4. The van der Waals surface area contributed by atoms with Crippen molar-refractivity contribution in [3.63, 3.8) is 0 Å². The summed E-state index contributed by atoms with van der Waals surface area (Å²) in [4.78, 5) is 21.3. The third-order valence-corrected chi connectivity index (χ3v) is 6.92. The molecule has 164 valence electrons. The highest BCUT2D eigenvalue weighted by molar-refractivity contribution is 7.90. The van der Waals surface area contributed by atoms with Crippen LogP contribution in [0.1, 0.15) is 48.2 Å². The summed E-state index contributed by atoms with van der Waals surface area (Å²) in [5.74, 6) is 0.890. The zero-order valence-corrected chi connectivity index (χ0v) is 18.6. The molecule has 2 heterocycles. The first-order valence-corrected chi connectivity index (χ1v) is 12.6. The van der Waals surface area contributed by atoms with Crippen LogP contribution in [-0.2, 0) is 9.84 Å². The second kappa shape index (κ2) is 8.74. The fourth-order valence-electron chi connectivity index (χ4n) is 4.17. The molecule has 0 unspecified atom stereocenters. The summed E-state index contributed by atoms with van der Waals surface area (Å²) >= 11 is 0. The summed E-state index contributed by atoms with van der Waals surface area (Å²) in [5.41, 5.74) is 2.23. The number of rotatable bonds is 6. The zero-order valence-electron chi connectivity index (χ0n) is 17.8. The number of sulfone groups is 1. The van der Waals surface area contributed by atoms with Gasteiger partial charge in [-0.05, 0) is 51.0 Å². The van der Waals surface area contributed by atoms with Crippen LogP contribution >= 0.6 is 0 Å². The fraction of sp³-hybridized carbons (Fsp3) is 0.455. The highest BCUT2D eigenvalue weighted by atomic mass is 32.2. The molecular formula is C22H27N5O3S. The summed E-state index contributed by atoms with van der Waals surface area (Å²) in [6.07, 6.45) is 8.62. The maximum absolute atomic E-state index is 12.6. The third kappa shape index (κ3) is 5.10. The predicted octanol–water partition coefficient (Wildman–Crippen LogP) is 2.85. The van der Waals surface area contributed by atoms with Crippen LogP contribution < -0.4 is 5.32 Å². The molecule has 8 nitrogen and oxygen atoms in total. The second-order valence-corrected chi connectivity index (χ2v) is 10.7. The van der Waals surface area contributed by atoms with Gasteiger partial charge in [0, 0.05) is 30.1 Å². The molecule has 31 heavy (non-hydrogen) atoms. The number of aryl methyl sites for hydroxylation is 1. The van der Waals surface area contributed by atoms with Gasteiger partial charge in [0.25, 0.3) is 11.9 Å². The number of nitrogens with one attached hydrogen (secondary N) is 1. The summed E-state index contributed by atoms with van der Waals surface area (Å²) in [7, 11) is -2.92. The number of hydrogen-bond donors (Lipinski definition) is 1. The molecule has 1 fully saturated rings. The van der Waals surface area contributed by atoms with Crippen molar-refractivity contribution in [2.45, 2.75) is 45.1 Å². The van der Waals surface area contributed by atoms with Crippen LogP contribution in [-0.4, -0.2) is 52.1 Å². The molecule has 4 rings (SSSR count). The van der Waals surface area contributed by atoms with Crippen molar-refractivity contribution in [3.05, 3.63) is 47.9 Å². The van der Waals surface area contributed by atoms with E-state index in [2.05, 4.69) is 20.4 Å². The van der Waals surface area contributed by atoms with Crippen molar-refractivity contribution in [1.82, 2.24) is 25.1 Å². The molecule has 0 saturated heterocycles. The van der Waals surface area contributed by atoms with Crippen LogP contribution in [0.15, 0.2) is 36.7 Å². The van der Waals surface area contributed by atoms with Gasteiger partial charge in [-0.15, -0.1) is 0 Å². The van der Waals surface area contributed by atoms with E-state index in [1.54, 1.807) is 4.68 Å². The van der Waals surface area contributed by atoms with E-state index in [4.69, 9.17) is 0 Å². The lowest BCUT2D eigenvalue weighted by Gasteiger charge is -2.29. The molecule has 1 amide bonds. The van der Waals surface area contributed by atoms with E-state index >= 15 is 0 Å². The summed E-state index contributed by atoms with van der Waals surface area (Å²) < 4.78 is 24.4. The Morgan fingerprint density at radius 2 is 1.81 bits per heavy atom. The molecule has 0 radical (unpaired) electrons. The van der Waals surface area contributed by atoms with Gasteiger partial charge in [0.05, 0.1) is 22.5 Å². The first-order chi connectivity index (χ1) is 14.8. The van der Waals surface area contributed by atoms with Gasteiger partial charge in [-0.3, -0.25) is 4.79 Å². The van der Waals surface area contributed by atoms with Gasteiger partial charge in [-0.25, -0.2) is 18.4 Å². The molecule has 2 aromatic heterocycles. The fourth-order valence-corrected chi connectivity index (χ4v) is 4.93. The van der Waals surface area contributed by atoms with Crippen LogP contribution in [0.2, 0.25) is 0 Å². The van der Waals surface area contributed by atoms with E-state index in [9.17, 15) is 13.2 Å². The largest absolute Gasteiger partial charge is 0.349 e. The van der Waals surface area contributed by atoms with Crippen molar-refractivity contribution < 1.29 is 13.2 Å². The summed E-state index contributed by atoms with van der Waals surface area (Å²) in [5, 5.41) is 8.62. The lowest BCUT2D eigenvalue weighted by atomic mass is 9.84. The van der Waals surface area contributed by atoms with Crippen molar-refractivity contribution >= 4 is 26.6 Å². The van der Waals surface area contributed by atoms with Crippen LogP contribution in [0.25, 0.3) is 16.9 Å². The van der Waals surface area contributed by atoms with Crippen molar-refractivity contribution in [2.24, 2.45) is 5.92 Å². The standard InChI is InChI=1S/C22H27N5O3S/c1-15-19-5-3-4-6-20(19)27(26-15)22-23-13-17(14-24-22)21(28)25-18-9-7-16(8-10-18)11-12-31(2,29)30/h3-6,13-14,16,18H,7-12H2,1-2H3,(H,25,28). The van der Waals surface area contributed by atoms with Crippen LogP contribution in [0.3, 0.4) is 0 Å². The molecule has 1 N–H and O–H groups in total. The Bertz CT molecular complexity index is 1180. The number of carbonyl (C=O) groups excluding carboxylic acids is 1. The smallest absolute Gasteiger partial charge is 0.254 e. The Hall–Kier alpha value is -2.81. The second-order valence-electron chi connectivity index (χ2n) is 8.40. The monoisotopic (exact) mass is 441 g/mol. The van der Waals surface area contributed by atoms with Gasteiger partial charge in [0.15, 0.2) is 0 Å². The maximum atomic E-state index is 12.6. The van der Waals surface area contributed by atoms with Crippen molar-refractivity contribution in [1.29, 1.82) is 0 Å². The van der Waals surface area contributed by atoms with Gasteiger partial charge in [-0.2, -0.15) is 9.78 Å². The summed E-state index contributed by atoms with van der Waals surface area (Å²) in [6.45, 7) is 1.94. The van der Waals surface area contributed by atoms with E-state index in [1.165, 1.54) is 18.6 Å². The number of para-hydroxylation sites is 1. The van der Waals surface area contributed by atoms with Crippen molar-refractivity contribution in [3.8, 4) is 5.95 Å². The molecule has 1 saturated carbocycles. The highest BCUT2D eigenvalue weighted by Crippen LogP contribution is 2.27. The van der Waals surface area contributed by atoms with Gasteiger partial charge < -0.3 is 5.32 Å². The molecule has 1 aliphatic rings. The van der Waals surface area contributed by atoms with E-state index in [0.717, 1.165) is 42.3 Å². The first kappa shape index (κ1) is 21.4. The lowest BCUT2D eigenvalue weighted by molar-refractivity contribution is 0.0921. The minimum absolute atomic E-state index is 0.0966. The molecule has 0 aliphatic heterocycles. The van der Waals surface area contributed by atoms with Gasteiger partial charge in [0.2, 0.25) is 0 Å². The Labute approximate surface area is 182 Å². The molecule has 3 aromatic rings. The normalized spacial score (nSPS) is 19.4. The van der Waals surface area contributed by atoms with Gasteiger partial charge in [-0.1, -0.05) is 18.2 Å². The highest BCUT2D eigenvalue weighted by Gasteiger charge is 2.24.